The molecule has 1 aliphatic rings. The van der Waals surface area contributed by atoms with E-state index in [9.17, 15) is 0 Å². The zero-order valence-corrected chi connectivity index (χ0v) is 13.3. The predicted octanol–water partition coefficient (Wildman–Crippen LogP) is 1.32. The van der Waals surface area contributed by atoms with Crippen molar-refractivity contribution in [1.29, 1.82) is 0 Å². The van der Waals surface area contributed by atoms with Crippen molar-refractivity contribution in [1.82, 2.24) is 19.9 Å². The minimum Gasteiger partial charge on any atom is -0.379 e. The van der Waals surface area contributed by atoms with Gasteiger partial charge in [0.2, 0.25) is 5.95 Å². The van der Waals surface area contributed by atoms with E-state index in [2.05, 4.69) is 30.5 Å². The summed E-state index contributed by atoms with van der Waals surface area (Å²) in [6.45, 7) is 5.43. The van der Waals surface area contributed by atoms with Gasteiger partial charge in [-0.25, -0.2) is 4.98 Å². The maximum atomic E-state index is 5.36. The molecule has 0 atom stereocenters. The fraction of sp³-hybridized carbons (Fsp3) is 0.438. The zero-order valence-electron chi connectivity index (χ0n) is 13.3. The summed E-state index contributed by atoms with van der Waals surface area (Å²) in [5.74, 6) is 1.39. The van der Waals surface area contributed by atoms with Crippen molar-refractivity contribution in [2.75, 3.05) is 57.1 Å². The van der Waals surface area contributed by atoms with Gasteiger partial charge in [0.15, 0.2) is 0 Å². The quantitative estimate of drug-likeness (QED) is 0.833. The topological polar surface area (TPSA) is 75.2 Å². The molecule has 1 fully saturated rings. The Balaban J connectivity index is 1.66. The summed E-state index contributed by atoms with van der Waals surface area (Å²) in [5.41, 5.74) is 1.64. The molecule has 0 radical (unpaired) electrons. The van der Waals surface area contributed by atoms with Gasteiger partial charge in [-0.15, -0.1) is 0 Å². The molecule has 0 bridgehead atoms. The summed E-state index contributed by atoms with van der Waals surface area (Å²) >= 11 is 0. The maximum absolute atomic E-state index is 5.36. The molecule has 23 heavy (non-hydrogen) atoms. The Morgan fingerprint density at radius 2 is 2.04 bits per heavy atom. The van der Waals surface area contributed by atoms with Gasteiger partial charge in [-0.3, -0.25) is 9.88 Å². The van der Waals surface area contributed by atoms with Crippen molar-refractivity contribution in [3.63, 3.8) is 0 Å². The van der Waals surface area contributed by atoms with E-state index in [0.29, 0.717) is 5.95 Å². The highest BCUT2D eigenvalue weighted by Gasteiger charge is 2.10. The zero-order chi connectivity index (χ0) is 15.9. The highest BCUT2D eigenvalue weighted by atomic mass is 16.5. The van der Waals surface area contributed by atoms with Crippen LogP contribution in [0.3, 0.4) is 0 Å². The molecule has 3 rings (SSSR count). The number of rotatable bonds is 6. The van der Waals surface area contributed by atoms with Crippen LogP contribution in [0.2, 0.25) is 0 Å². The number of hydrogen-bond donors (Lipinski definition) is 2. The molecule has 7 heteroatoms. The van der Waals surface area contributed by atoms with E-state index >= 15 is 0 Å². The lowest BCUT2D eigenvalue weighted by molar-refractivity contribution is 0.0398. The average Bonchev–Trinajstić information content (AvgIpc) is 2.63. The summed E-state index contributed by atoms with van der Waals surface area (Å²) in [6, 6.07) is 7.72. The number of anilines is 2. The first kappa shape index (κ1) is 15.6. The summed E-state index contributed by atoms with van der Waals surface area (Å²) in [7, 11) is 1.81. The molecule has 2 N–H and O–H groups in total. The van der Waals surface area contributed by atoms with Crippen molar-refractivity contribution in [2.24, 2.45) is 0 Å². The molecule has 0 aromatic carbocycles. The van der Waals surface area contributed by atoms with Gasteiger partial charge in [-0.1, -0.05) is 6.07 Å². The molecule has 1 saturated heterocycles. The van der Waals surface area contributed by atoms with Crippen LogP contribution in [0.4, 0.5) is 11.8 Å². The number of ether oxygens (including phenoxy) is 1. The SMILES string of the molecule is CNc1nc(NCCN2CCOCC2)cc(-c2ccccn2)n1. The number of morpholine rings is 1. The highest BCUT2D eigenvalue weighted by Crippen LogP contribution is 2.19. The smallest absolute Gasteiger partial charge is 0.224 e. The molecule has 122 valence electrons. The first-order valence-corrected chi connectivity index (χ1v) is 7.87. The molecule has 7 nitrogen and oxygen atoms in total. The van der Waals surface area contributed by atoms with Crippen molar-refractivity contribution in [2.45, 2.75) is 0 Å². The summed E-state index contributed by atoms with van der Waals surface area (Å²) in [6.07, 6.45) is 1.77. The summed E-state index contributed by atoms with van der Waals surface area (Å²) in [5, 5.41) is 6.38. The van der Waals surface area contributed by atoms with Crippen LogP contribution < -0.4 is 10.6 Å². The van der Waals surface area contributed by atoms with Gasteiger partial charge in [-0.2, -0.15) is 4.98 Å². The van der Waals surface area contributed by atoms with Crippen LogP contribution in [-0.4, -0.2) is 66.3 Å². The third-order valence-corrected chi connectivity index (χ3v) is 3.71. The highest BCUT2D eigenvalue weighted by molar-refractivity contribution is 5.60. The number of nitrogens with zero attached hydrogens (tertiary/aromatic N) is 4. The molecular formula is C16H22N6O. The minimum absolute atomic E-state index is 0.585. The first-order valence-electron chi connectivity index (χ1n) is 7.87. The van der Waals surface area contributed by atoms with Gasteiger partial charge in [0.25, 0.3) is 0 Å². The fourth-order valence-electron chi connectivity index (χ4n) is 2.46. The normalized spacial score (nSPS) is 15.3. The molecule has 1 aliphatic heterocycles. The van der Waals surface area contributed by atoms with Gasteiger partial charge in [-0.05, 0) is 12.1 Å². The Morgan fingerprint density at radius 3 is 2.78 bits per heavy atom. The van der Waals surface area contributed by atoms with E-state index in [1.165, 1.54) is 0 Å². The Bertz CT molecular complexity index is 615. The maximum Gasteiger partial charge on any atom is 0.224 e. The monoisotopic (exact) mass is 314 g/mol. The van der Waals surface area contributed by atoms with E-state index in [4.69, 9.17) is 4.74 Å². The van der Waals surface area contributed by atoms with E-state index in [0.717, 1.165) is 56.6 Å². The Morgan fingerprint density at radius 1 is 1.17 bits per heavy atom. The Hall–Kier alpha value is -2.25. The van der Waals surface area contributed by atoms with Crippen LogP contribution in [0.5, 0.6) is 0 Å². The van der Waals surface area contributed by atoms with Crippen LogP contribution in [-0.2, 0) is 4.74 Å². The second-order valence-electron chi connectivity index (χ2n) is 5.31. The lowest BCUT2D eigenvalue weighted by Gasteiger charge is -2.26. The number of nitrogens with one attached hydrogen (secondary N) is 2. The first-order chi connectivity index (χ1) is 11.3. The van der Waals surface area contributed by atoms with Gasteiger partial charge < -0.3 is 15.4 Å². The summed E-state index contributed by atoms with van der Waals surface area (Å²) in [4.78, 5) is 15.7. The Kier molecular flexibility index (Phi) is 5.33. The number of aromatic nitrogens is 3. The van der Waals surface area contributed by atoms with Crippen molar-refractivity contribution in [3.05, 3.63) is 30.5 Å². The van der Waals surface area contributed by atoms with Crippen LogP contribution in [0.1, 0.15) is 0 Å². The molecular weight excluding hydrogens is 292 g/mol. The average molecular weight is 314 g/mol. The fourth-order valence-corrected chi connectivity index (χ4v) is 2.46. The van der Waals surface area contributed by atoms with E-state index in [1.54, 1.807) is 6.20 Å². The minimum atomic E-state index is 0.585. The molecule has 0 unspecified atom stereocenters. The molecule has 0 spiro atoms. The molecule has 3 heterocycles. The molecule has 0 amide bonds. The van der Waals surface area contributed by atoms with Crippen LogP contribution in [0.25, 0.3) is 11.4 Å². The third-order valence-electron chi connectivity index (χ3n) is 3.71. The largest absolute Gasteiger partial charge is 0.379 e. The van der Waals surface area contributed by atoms with Gasteiger partial charge in [0, 0.05) is 45.5 Å². The second-order valence-corrected chi connectivity index (χ2v) is 5.31. The lowest BCUT2D eigenvalue weighted by Crippen LogP contribution is -2.39. The number of hydrogen-bond acceptors (Lipinski definition) is 7. The van der Waals surface area contributed by atoms with Crippen LogP contribution in [0, 0.1) is 0 Å². The van der Waals surface area contributed by atoms with E-state index in [-0.39, 0.29) is 0 Å². The molecule has 0 saturated carbocycles. The van der Waals surface area contributed by atoms with Crippen LogP contribution >= 0.6 is 0 Å². The van der Waals surface area contributed by atoms with E-state index in [1.807, 2.05) is 31.3 Å². The van der Waals surface area contributed by atoms with Crippen LogP contribution in [0.15, 0.2) is 30.5 Å². The Labute approximate surface area is 136 Å². The van der Waals surface area contributed by atoms with Gasteiger partial charge in [0.05, 0.1) is 24.6 Å². The van der Waals surface area contributed by atoms with E-state index < -0.39 is 0 Å². The molecule has 2 aromatic heterocycles. The van der Waals surface area contributed by atoms with Gasteiger partial charge in [0.1, 0.15) is 5.82 Å². The summed E-state index contributed by atoms with van der Waals surface area (Å²) < 4.78 is 5.36. The lowest BCUT2D eigenvalue weighted by atomic mass is 10.2. The van der Waals surface area contributed by atoms with Gasteiger partial charge >= 0.3 is 0 Å². The van der Waals surface area contributed by atoms with Crippen molar-refractivity contribution >= 4 is 11.8 Å². The standard InChI is InChI=1S/C16H22N6O/c1-17-16-20-14(13-4-2-3-5-18-13)12-15(21-16)19-6-7-22-8-10-23-11-9-22/h2-5,12H,6-11H2,1H3,(H2,17,19,20,21). The van der Waals surface area contributed by atoms with Crippen molar-refractivity contribution < 1.29 is 4.74 Å². The third kappa shape index (κ3) is 4.37. The predicted molar refractivity (Wildman–Crippen MR) is 90.6 cm³/mol. The molecule has 0 aliphatic carbocycles. The number of pyridine rings is 1. The second kappa shape index (κ2) is 7.85. The van der Waals surface area contributed by atoms with Crippen molar-refractivity contribution in [3.8, 4) is 11.4 Å². The molecule has 2 aromatic rings.